The first-order valence-corrected chi connectivity index (χ1v) is 5.88. The number of esters is 1. The Kier molecular flexibility index (Phi) is 3.47. The Labute approximate surface area is 107 Å². The van der Waals surface area contributed by atoms with Crippen molar-refractivity contribution < 1.29 is 9.53 Å². The Morgan fingerprint density at radius 1 is 0.944 bits per heavy atom. The van der Waals surface area contributed by atoms with Gasteiger partial charge in [0.2, 0.25) is 0 Å². The Balaban J connectivity index is 2.49. The van der Waals surface area contributed by atoms with Crippen LogP contribution < -0.4 is 0 Å². The maximum atomic E-state index is 11.5. The SMILES string of the molecule is COC(=O)c1ccc(-c2ccccc2C)c(C)c1. The topological polar surface area (TPSA) is 26.3 Å². The molecule has 0 amide bonds. The van der Waals surface area contributed by atoms with Crippen LogP contribution in [0.1, 0.15) is 21.5 Å². The number of benzene rings is 2. The summed E-state index contributed by atoms with van der Waals surface area (Å²) in [7, 11) is 1.40. The molecule has 0 aliphatic heterocycles. The monoisotopic (exact) mass is 240 g/mol. The van der Waals surface area contributed by atoms with E-state index in [1.807, 2.05) is 31.2 Å². The molecule has 0 bridgehead atoms. The first kappa shape index (κ1) is 12.4. The van der Waals surface area contributed by atoms with Crippen molar-refractivity contribution in [3.8, 4) is 11.1 Å². The van der Waals surface area contributed by atoms with Crippen LogP contribution in [0, 0.1) is 13.8 Å². The molecule has 2 nitrogen and oxygen atoms in total. The van der Waals surface area contributed by atoms with Crippen molar-refractivity contribution in [3.63, 3.8) is 0 Å². The third-order valence-electron chi connectivity index (χ3n) is 3.08. The summed E-state index contributed by atoms with van der Waals surface area (Å²) in [6, 6.07) is 13.9. The van der Waals surface area contributed by atoms with Gasteiger partial charge in [-0.25, -0.2) is 4.79 Å². The normalized spacial score (nSPS) is 10.2. The molecule has 0 fully saturated rings. The molecule has 2 heteroatoms. The van der Waals surface area contributed by atoms with Gasteiger partial charge in [-0.1, -0.05) is 30.3 Å². The molecule has 2 aromatic rings. The average molecular weight is 240 g/mol. The third kappa shape index (κ3) is 2.28. The minimum absolute atomic E-state index is 0.297. The first-order valence-electron chi connectivity index (χ1n) is 5.88. The molecule has 0 radical (unpaired) electrons. The largest absolute Gasteiger partial charge is 0.465 e. The summed E-state index contributed by atoms with van der Waals surface area (Å²) >= 11 is 0. The molecule has 18 heavy (non-hydrogen) atoms. The van der Waals surface area contributed by atoms with E-state index in [4.69, 9.17) is 4.74 Å². The van der Waals surface area contributed by atoms with E-state index >= 15 is 0 Å². The van der Waals surface area contributed by atoms with Gasteiger partial charge >= 0.3 is 5.97 Å². The van der Waals surface area contributed by atoms with E-state index in [-0.39, 0.29) is 5.97 Å². The van der Waals surface area contributed by atoms with Crippen LogP contribution >= 0.6 is 0 Å². The third-order valence-corrected chi connectivity index (χ3v) is 3.08. The fourth-order valence-corrected chi connectivity index (χ4v) is 2.09. The molecular formula is C16H16O2. The number of carbonyl (C=O) groups excluding carboxylic acids is 1. The van der Waals surface area contributed by atoms with Crippen LogP contribution in [0.2, 0.25) is 0 Å². The van der Waals surface area contributed by atoms with E-state index in [0.29, 0.717) is 5.56 Å². The van der Waals surface area contributed by atoms with Gasteiger partial charge in [-0.2, -0.15) is 0 Å². The Morgan fingerprint density at radius 2 is 1.61 bits per heavy atom. The van der Waals surface area contributed by atoms with Gasteiger partial charge in [0, 0.05) is 0 Å². The van der Waals surface area contributed by atoms with Crippen molar-refractivity contribution in [1.29, 1.82) is 0 Å². The van der Waals surface area contributed by atoms with E-state index in [2.05, 4.69) is 19.1 Å². The van der Waals surface area contributed by atoms with Gasteiger partial charge in [-0.3, -0.25) is 0 Å². The van der Waals surface area contributed by atoms with E-state index in [9.17, 15) is 4.79 Å². The second kappa shape index (κ2) is 5.05. The second-order valence-electron chi connectivity index (χ2n) is 4.34. The molecule has 0 heterocycles. The van der Waals surface area contributed by atoms with Crippen molar-refractivity contribution in [3.05, 3.63) is 59.2 Å². The van der Waals surface area contributed by atoms with Gasteiger partial charge in [-0.05, 0) is 48.2 Å². The van der Waals surface area contributed by atoms with Crippen LogP contribution in [0.3, 0.4) is 0 Å². The van der Waals surface area contributed by atoms with Crippen molar-refractivity contribution in [2.75, 3.05) is 7.11 Å². The summed E-state index contributed by atoms with van der Waals surface area (Å²) in [6.45, 7) is 4.09. The summed E-state index contributed by atoms with van der Waals surface area (Å²) in [4.78, 5) is 11.5. The van der Waals surface area contributed by atoms with Gasteiger partial charge in [0.15, 0.2) is 0 Å². The predicted octanol–water partition coefficient (Wildman–Crippen LogP) is 3.76. The number of aryl methyl sites for hydroxylation is 2. The zero-order chi connectivity index (χ0) is 13.1. The Bertz CT molecular complexity index is 585. The minimum atomic E-state index is -0.297. The highest BCUT2D eigenvalue weighted by Crippen LogP contribution is 2.27. The number of rotatable bonds is 2. The van der Waals surface area contributed by atoms with E-state index in [1.54, 1.807) is 6.07 Å². The van der Waals surface area contributed by atoms with E-state index < -0.39 is 0 Å². The molecule has 0 saturated heterocycles. The lowest BCUT2D eigenvalue weighted by Crippen LogP contribution is -2.01. The Hall–Kier alpha value is -2.09. The van der Waals surface area contributed by atoms with Gasteiger partial charge in [0.1, 0.15) is 0 Å². The lowest BCUT2D eigenvalue weighted by Gasteiger charge is -2.10. The molecule has 0 spiro atoms. The van der Waals surface area contributed by atoms with Gasteiger partial charge in [0.05, 0.1) is 12.7 Å². The smallest absolute Gasteiger partial charge is 0.337 e. The molecular weight excluding hydrogens is 224 g/mol. The molecule has 2 aromatic carbocycles. The molecule has 0 aliphatic carbocycles. The standard InChI is InChI=1S/C16H16O2/c1-11-6-4-5-7-14(11)15-9-8-13(10-12(15)2)16(17)18-3/h4-10H,1-3H3. The van der Waals surface area contributed by atoms with E-state index in [1.165, 1.54) is 18.2 Å². The number of methoxy groups -OCH3 is 1. The highest BCUT2D eigenvalue weighted by molar-refractivity contribution is 5.90. The number of hydrogen-bond donors (Lipinski definition) is 0. The first-order chi connectivity index (χ1) is 8.63. The predicted molar refractivity (Wildman–Crippen MR) is 72.7 cm³/mol. The van der Waals surface area contributed by atoms with Gasteiger partial charge < -0.3 is 4.74 Å². The zero-order valence-corrected chi connectivity index (χ0v) is 10.9. The van der Waals surface area contributed by atoms with Crippen molar-refractivity contribution in [2.45, 2.75) is 13.8 Å². The lowest BCUT2D eigenvalue weighted by molar-refractivity contribution is 0.0600. The second-order valence-corrected chi connectivity index (χ2v) is 4.34. The molecule has 0 aliphatic rings. The number of hydrogen-bond acceptors (Lipinski definition) is 2. The van der Waals surface area contributed by atoms with E-state index in [0.717, 1.165) is 11.1 Å². The molecule has 0 aromatic heterocycles. The molecule has 92 valence electrons. The lowest BCUT2D eigenvalue weighted by atomic mass is 9.95. The summed E-state index contributed by atoms with van der Waals surface area (Å²) in [6.07, 6.45) is 0. The zero-order valence-electron chi connectivity index (χ0n) is 10.9. The minimum Gasteiger partial charge on any atom is -0.465 e. The van der Waals surface area contributed by atoms with Crippen molar-refractivity contribution >= 4 is 5.97 Å². The molecule has 0 N–H and O–H groups in total. The molecule has 0 unspecified atom stereocenters. The fourth-order valence-electron chi connectivity index (χ4n) is 2.09. The van der Waals surface area contributed by atoms with Gasteiger partial charge in [-0.15, -0.1) is 0 Å². The van der Waals surface area contributed by atoms with Gasteiger partial charge in [0.25, 0.3) is 0 Å². The molecule has 2 rings (SSSR count). The fraction of sp³-hybridized carbons (Fsp3) is 0.188. The maximum Gasteiger partial charge on any atom is 0.337 e. The summed E-state index contributed by atoms with van der Waals surface area (Å²) in [5.41, 5.74) is 5.25. The van der Waals surface area contributed by atoms with Crippen molar-refractivity contribution in [2.24, 2.45) is 0 Å². The van der Waals surface area contributed by atoms with Crippen molar-refractivity contribution in [1.82, 2.24) is 0 Å². The summed E-state index contributed by atoms with van der Waals surface area (Å²) in [5, 5.41) is 0. The number of carbonyl (C=O) groups is 1. The highest BCUT2D eigenvalue weighted by Gasteiger charge is 2.09. The maximum absolute atomic E-state index is 11.5. The summed E-state index contributed by atoms with van der Waals surface area (Å²) < 4.78 is 4.72. The van der Waals surface area contributed by atoms with Crippen LogP contribution in [0.25, 0.3) is 11.1 Å². The Morgan fingerprint density at radius 3 is 2.22 bits per heavy atom. The molecule has 0 saturated carbocycles. The van der Waals surface area contributed by atoms with Crippen LogP contribution in [0.15, 0.2) is 42.5 Å². The number of ether oxygens (including phenoxy) is 1. The highest BCUT2D eigenvalue weighted by atomic mass is 16.5. The van der Waals surface area contributed by atoms with Crippen LogP contribution in [-0.2, 0) is 4.74 Å². The average Bonchev–Trinajstić information content (AvgIpc) is 2.39. The van der Waals surface area contributed by atoms with Crippen LogP contribution in [0.4, 0.5) is 0 Å². The van der Waals surface area contributed by atoms with Crippen LogP contribution in [0.5, 0.6) is 0 Å². The quantitative estimate of drug-likeness (QED) is 0.747. The molecule has 0 atom stereocenters. The summed E-state index contributed by atoms with van der Waals surface area (Å²) in [5.74, 6) is -0.297. The van der Waals surface area contributed by atoms with Crippen LogP contribution in [-0.4, -0.2) is 13.1 Å².